The van der Waals surface area contributed by atoms with Gasteiger partial charge in [0.1, 0.15) is 17.2 Å². The van der Waals surface area contributed by atoms with E-state index in [2.05, 4.69) is 41.3 Å². The molecule has 0 bridgehead atoms. The first-order chi connectivity index (χ1) is 20.6. The van der Waals surface area contributed by atoms with Gasteiger partial charge in [0.25, 0.3) is 5.91 Å². The van der Waals surface area contributed by atoms with E-state index < -0.39 is 8.07 Å². The van der Waals surface area contributed by atoms with E-state index in [1.165, 1.54) is 12.8 Å². The maximum atomic E-state index is 13.1. The smallest absolute Gasteiger partial charge is 0.254 e. The highest BCUT2D eigenvalue weighted by atomic mass is 35.5. The van der Waals surface area contributed by atoms with E-state index in [0.29, 0.717) is 78.8 Å². The summed E-state index contributed by atoms with van der Waals surface area (Å²) in [6.07, 6.45) is 5.22. The average Bonchev–Trinajstić information content (AvgIpc) is 3.40. The van der Waals surface area contributed by atoms with Crippen LogP contribution in [0.5, 0.6) is 5.75 Å². The SMILES string of the molecule is CCC12CC1CN(c1nc(Nc3ccc(C(=O)N4CCOCC4)cc3OC)nc3c1c(Cl)cn3CCOC[Si](C)(C)C)C2. The molecule has 3 aliphatic rings. The van der Waals surface area contributed by atoms with Gasteiger partial charge in [-0.3, -0.25) is 4.79 Å². The van der Waals surface area contributed by atoms with Gasteiger partial charge in [0.2, 0.25) is 5.95 Å². The minimum atomic E-state index is -1.31. The van der Waals surface area contributed by atoms with Crippen LogP contribution in [0.2, 0.25) is 24.7 Å². The molecule has 3 aromatic rings. The zero-order chi connectivity index (χ0) is 30.4. The predicted octanol–water partition coefficient (Wildman–Crippen LogP) is 5.44. The minimum absolute atomic E-state index is 0.0330. The Bertz CT molecular complexity index is 1500. The Hall–Kier alpha value is -2.86. The molecule has 232 valence electrons. The Morgan fingerprint density at radius 1 is 1.23 bits per heavy atom. The third-order valence-corrected chi connectivity index (χ3v) is 10.3. The van der Waals surface area contributed by atoms with Crippen LogP contribution >= 0.6 is 11.6 Å². The fourth-order valence-electron chi connectivity index (χ4n) is 6.42. The minimum Gasteiger partial charge on any atom is -0.495 e. The summed E-state index contributed by atoms with van der Waals surface area (Å²) in [5.74, 6) is 2.53. The van der Waals surface area contributed by atoms with Crippen molar-refractivity contribution >= 4 is 54.1 Å². The molecular formula is C31H43ClN6O4Si. The van der Waals surface area contributed by atoms with Crippen molar-refractivity contribution in [3.63, 3.8) is 0 Å². The van der Waals surface area contributed by atoms with Crippen LogP contribution in [0.4, 0.5) is 17.5 Å². The number of piperidine rings is 1. The number of fused-ring (bicyclic) bond motifs is 2. The van der Waals surface area contributed by atoms with Gasteiger partial charge in [0.15, 0.2) is 0 Å². The molecule has 1 amide bonds. The van der Waals surface area contributed by atoms with Gasteiger partial charge in [-0.25, -0.2) is 0 Å². The van der Waals surface area contributed by atoms with Crippen molar-refractivity contribution in [2.75, 3.05) is 69.6 Å². The number of hydrogen-bond acceptors (Lipinski definition) is 8. The molecule has 4 heterocycles. The number of aromatic nitrogens is 3. The molecule has 2 aliphatic heterocycles. The molecule has 0 radical (unpaired) electrons. The molecule has 0 spiro atoms. The molecule has 1 saturated carbocycles. The van der Waals surface area contributed by atoms with Gasteiger partial charge in [0.05, 0.1) is 51.1 Å². The molecule has 2 saturated heterocycles. The van der Waals surface area contributed by atoms with Crippen LogP contribution in [0.1, 0.15) is 30.1 Å². The van der Waals surface area contributed by atoms with Gasteiger partial charge < -0.3 is 33.9 Å². The van der Waals surface area contributed by atoms with Crippen molar-refractivity contribution < 1.29 is 19.0 Å². The Balaban J connectivity index is 1.31. The summed E-state index contributed by atoms with van der Waals surface area (Å²) in [6.45, 7) is 14.6. The third kappa shape index (κ3) is 6.22. The summed E-state index contributed by atoms with van der Waals surface area (Å²) in [6, 6.07) is 5.44. The summed E-state index contributed by atoms with van der Waals surface area (Å²) in [5, 5.41) is 4.92. The topological polar surface area (TPSA) is 94.0 Å². The van der Waals surface area contributed by atoms with Crippen molar-refractivity contribution in [1.82, 2.24) is 19.4 Å². The highest BCUT2D eigenvalue weighted by Crippen LogP contribution is 2.60. The first-order valence-electron chi connectivity index (χ1n) is 15.3. The number of hydrogen-bond donors (Lipinski definition) is 1. The Morgan fingerprint density at radius 2 is 2.02 bits per heavy atom. The number of methoxy groups -OCH3 is 1. The number of benzene rings is 1. The van der Waals surface area contributed by atoms with Crippen molar-refractivity contribution in [3.8, 4) is 5.75 Å². The number of morpholine rings is 1. The van der Waals surface area contributed by atoms with Crippen LogP contribution in [0.3, 0.4) is 0 Å². The van der Waals surface area contributed by atoms with Gasteiger partial charge in [-0.1, -0.05) is 38.2 Å². The van der Waals surface area contributed by atoms with Crippen molar-refractivity contribution in [3.05, 3.63) is 35.0 Å². The van der Waals surface area contributed by atoms with Crippen LogP contribution in [0.25, 0.3) is 11.0 Å². The van der Waals surface area contributed by atoms with E-state index in [1.807, 2.05) is 23.2 Å². The molecule has 1 N–H and O–H groups in total. The Morgan fingerprint density at radius 3 is 2.72 bits per heavy atom. The molecule has 10 nitrogen and oxygen atoms in total. The van der Waals surface area contributed by atoms with Crippen molar-refractivity contribution in [1.29, 1.82) is 0 Å². The molecular weight excluding hydrogens is 584 g/mol. The average molecular weight is 627 g/mol. The lowest BCUT2D eigenvalue weighted by atomic mass is 10.0. The number of ether oxygens (including phenoxy) is 3. The second-order valence-electron chi connectivity index (χ2n) is 13.3. The van der Waals surface area contributed by atoms with E-state index in [0.717, 1.165) is 36.2 Å². The molecule has 3 fully saturated rings. The number of halogens is 1. The third-order valence-electron chi connectivity index (χ3n) is 8.96. The normalized spacial score (nSPS) is 21.8. The Kier molecular flexibility index (Phi) is 8.36. The fraction of sp³-hybridized carbons (Fsp3) is 0.581. The molecule has 2 unspecified atom stereocenters. The number of anilines is 3. The van der Waals surface area contributed by atoms with Crippen LogP contribution in [-0.2, 0) is 16.0 Å². The first kappa shape index (κ1) is 30.2. The number of carbonyl (C=O) groups excluding carboxylic acids is 1. The number of amides is 1. The lowest BCUT2D eigenvalue weighted by molar-refractivity contribution is 0.0302. The lowest BCUT2D eigenvalue weighted by Crippen LogP contribution is -2.40. The second-order valence-corrected chi connectivity index (χ2v) is 19.1. The maximum absolute atomic E-state index is 13.1. The fourth-order valence-corrected chi connectivity index (χ4v) is 7.46. The Labute approximate surface area is 259 Å². The lowest BCUT2D eigenvalue weighted by Gasteiger charge is -2.27. The van der Waals surface area contributed by atoms with Crippen LogP contribution < -0.4 is 15.0 Å². The van der Waals surface area contributed by atoms with Crippen LogP contribution in [0, 0.1) is 11.3 Å². The molecule has 6 rings (SSSR count). The summed E-state index contributed by atoms with van der Waals surface area (Å²) < 4.78 is 19.2. The highest BCUT2D eigenvalue weighted by Gasteiger charge is 2.58. The van der Waals surface area contributed by atoms with Crippen molar-refractivity contribution in [2.24, 2.45) is 11.3 Å². The quantitative estimate of drug-likeness (QED) is 0.222. The standard InChI is InChI=1S/C31H43ClN6O4Si/c1-6-31-16-22(31)17-38(19-31)28-26-23(32)18-37(11-14-42-20-43(3,4)5)27(26)34-30(35-28)33-24-8-7-21(15-25(24)40-2)29(39)36-9-12-41-13-10-36/h7-8,15,18,22H,6,9-14,16-17,19-20H2,1-5H3,(H,33,34,35). The monoisotopic (exact) mass is 626 g/mol. The summed E-state index contributed by atoms with van der Waals surface area (Å²) in [7, 11) is 0.295. The zero-order valence-electron chi connectivity index (χ0n) is 25.9. The summed E-state index contributed by atoms with van der Waals surface area (Å²) in [4.78, 5) is 27.3. The molecule has 1 aromatic carbocycles. The maximum Gasteiger partial charge on any atom is 0.254 e. The zero-order valence-corrected chi connectivity index (χ0v) is 27.7. The number of rotatable bonds is 11. The van der Waals surface area contributed by atoms with E-state index in [4.69, 9.17) is 35.8 Å². The van der Waals surface area contributed by atoms with E-state index in [9.17, 15) is 4.79 Å². The molecule has 43 heavy (non-hydrogen) atoms. The molecule has 12 heteroatoms. The highest BCUT2D eigenvalue weighted by molar-refractivity contribution is 6.76. The van der Waals surface area contributed by atoms with E-state index in [-0.39, 0.29) is 5.91 Å². The number of nitrogens with one attached hydrogen (secondary N) is 1. The van der Waals surface area contributed by atoms with Gasteiger partial charge in [-0.05, 0) is 42.4 Å². The second kappa shape index (κ2) is 11.9. The number of carbonyl (C=O) groups is 1. The van der Waals surface area contributed by atoms with Gasteiger partial charge in [-0.15, -0.1) is 0 Å². The van der Waals surface area contributed by atoms with E-state index >= 15 is 0 Å². The van der Waals surface area contributed by atoms with Gasteiger partial charge in [-0.2, -0.15) is 9.97 Å². The van der Waals surface area contributed by atoms with Crippen molar-refractivity contribution in [2.45, 2.75) is 46.0 Å². The van der Waals surface area contributed by atoms with Gasteiger partial charge >= 0.3 is 0 Å². The molecule has 2 aromatic heterocycles. The van der Waals surface area contributed by atoms with Crippen LogP contribution in [-0.4, -0.2) is 92.8 Å². The summed E-state index contributed by atoms with van der Waals surface area (Å²) >= 11 is 6.89. The van der Waals surface area contributed by atoms with Gasteiger partial charge in [0, 0.05) is 50.7 Å². The summed E-state index contributed by atoms with van der Waals surface area (Å²) in [5.41, 5.74) is 2.42. The number of nitrogens with zero attached hydrogens (tertiary/aromatic N) is 5. The van der Waals surface area contributed by atoms with Crippen LogP contribution in [0.15, 0.2) is 24.4 Å². The first-order valence-corrected chi connectivity index (χ1v) is 19.4. The van der Waals surface area contributed by atoms with E-state index in [1.54, 1.807) is 13.2 Å². The predicted molar refractivity (Wildman–Crippen MR) is 173 cm³/mol. The largest absolute Gasteiger partial charge is 0.495 e. The molecule has 1 aliphatic carbocycles. The molecule has 2 atom stereocenters.